The highest BCUT2D eigenvalue weighted by atomic mass is 32.1. The molecular formula is C7H15N3O2S. The van der Waals surface area contributed by atoms with Crippen LogP contribution in [0.15, 0.2) is 4.99 Å². The summed E-state index contributed by atoms with van der Waals surface area (Å²) in [6.07, 6.45) is 1.56. The van der Waals surface area contributed by atoms with Gasteiger partial charge in [-0.25, -0.2) is 0 Å². The topological polar surface area (TPSA) is 90.7 Å². The van der Waals surface area contributed by atoms with Crippen LogP contribution in [0.2, 0.25) is 0 Å². The van der Waals surface area contributed by atoms with Crippen LogP contribution < -0.4 is 11.5 Å². The molecule has 1 atom stereocenters. The molecule has 0 radical (unpaired) electrons. The Labute approximate surface area is 82.9 Å². The van der Waals surface area contributed by atoms with Crippen molar-refractivity contribution in [2.75, 3.05) is 25.4 Å². The number of esters is 1. The van der Waals surface area contributed by atoms with Gasteiger partial charge in [-0.2, -0.15) is 12.6 Å². The molecule has 0 aromatic carbocycles. The fraction of sp³-hybridized carbons (Fsp3) is 0.714. The van der Waals surface area contributed by atoms with Crippen molar-refractivity contribution in [3.63, 3.8) is 0 Å². The van der Waals surface area contributed by atoms with Gasteiger partial charge in [-0.15, -0.1) is 0 Å². The molecule has 0 aromatic rings. The third kappa shape index (κ3) is 6.56. The minimum atomic E-state index is -0.651. The zero-order chi connectivity index (χ0) is 10.1. The number of thiol groups is 1. The Hall–Kier alpha value is -0.590. The molecule has 4 N–H and O–H groups in total. The molecule has 76 valence electrons. The second kappa shape index (κ2) is 8.03. The molecule has 0 saturated heterocycles. The van der Waals surface area contributed by atoms with E-state index < -0.39 is 12.0 Å². The molecule has 0 fully saturated rings. The summed E-state index contributed by atoms with van der Waals surface area (Å²) < 4.78 is 4.77. The standard InChI is InChI=1S/C7H15N3O2S/c8-1-2-10-3-4-12-7(11)6(9)5-13/h2,6,13H,1,3-5,8-9H2/t6-/m0/s1. The summed E-state index contributed by atoms with van der Waals surface area (Å²) in [5.74, 6) is -0.164. The van der Waals surface area contributed by atoms with Crippen LogP contribution in [0.25, 0.3) is 0 Å². The summed E-state index contributed by atoms with van der Waals surface area (Å²) in [6, 6.07) is -0.651. The summed E-state index contributed by atoms with van der Waals surface area (Å²) in [5, 5.41) is 0. The maximum absolute atomic E-state index is 10.9. The van der Waals surface area contributed by atoms with E-state index in [1.165, 1.54) is 0 Å². The molecule has 0 spiro atoms. The summed E-state index contributed by atoms with van der Waals surface area (Å²) >= 11 is 3.86. The molecule has 0 heterocycles. The molecule has 0 bridgehead atoms. The predicted molar refractivity (Wildman–Crippen MR) is 55.2 cm³/mol. The number of nitrogens with two attached hydrogens (primary N) is 2. The zero-order valence-corrected chi connectivity index (χ0v) is 8.24. The Balaban J connectivity index is 3.42. The SMILES string of the molecule is NCC=NCCOC(=O)[C@@H](N)CS. The lowest BCUT2D eigenvalue weighted by Crippen LogP contribution is -2.34. The minimum absolute atomic E-state index is 0.233. The maximum atomic E-state index is 10.9. The van der Waals surface area contributed by atoms with Gasteiger partial charge in [0.15, 0.2) is 0 Å². The number of carbonyl (C=O) groups is 1. The third-order valence-corrected chi connectivity index (χ3v) is 1.59. The van der Waals surface area contributed by atoms with Crippen molar-refractivity contribution in [1.82, 2.24) is 0 Å². The molecule has 0 aliphatic heterocycles. The Morgan fingerprint density at radius 3 is 2.92 bits per heavy atom. The van der Waals surface area contributed by atoms with Crippen LogP contribution in [0, 0.1) is 0 Å². The lowest BCUT2D eigenvalue weighted by atomic mass is 10.4. The highest BCUT2D eigenvalue weighted by Crippen LogP contribution is 1.88. The molecule has 0 aliphatic rings. The van der Waals surface area contributed by atoms with Gasteiger partial charge in [0.2, 0.25) is 0 Å². The molecule has 6 heteroatoms. The Kier molecular flexibility index (Phi) is 7.66. The van der Waals surface area contributed by atoms with Crippen molar-refractivity contribution in [2.24, 2.45) is 16.5 Å². The second-order valence-corrected chi connectivity index (χ2v) is 2.65. The van der Waals surface area contributed by atoms with Gasteiger partial charge in [-0.3, -0.25) is 9.79 Å². The van der Waals surface area contributed by atoms with E-state index >= 15 is 0 Å². The van der Waals surface area contributed by atoms with Crippen LogP contribution in [-0.4, -0.2) is 43.7 Å². The number of rotatable bonds is 6. The number of carbonyl (C=O) groups excluding carboxylic acids is 1. The summed E-state index contributed by atoms with van der Waals surface area (Å²) in [6.45, 7) is 1.04. The van der Waals surface area contributed by atoms with Gasteiger partial charge < -0.3 is 16.2 Å². The molecule has 0 aliphatic carbocycles. The highest BCUT2D eigenvalue weighted by Gasteiger charge is 2.11. The monoisotopic (exact) mass is 205 g/mol. The Bertz CT molecular complexity index is 175. The van der Waals surface area contributed by atoms with Crippen LogP contribution in [0.4, 0.5) is 0 Å². The number of hydrogen-bond acceptors (Lipinski definition) is 6. The summed E-state index contributed by atoms with van der Waals surface area (Å²) in [7, 11) is 0. The largest absolute Gasteiger partial charge is 0.463 e. The molecule has 5 nitrogen and oxygen atoms in total. The van der Waals surface area contributed by atoms with Crippen LogP contribution in [0.5, 0.6) is 0 Å². The fourth-order valence-corrected chi connectivity index (χ4v) is 0.695. The molecule has 13 heavy (non-hydrogen) atoms. The van der Waals surface area contributed by atoms with Gasteiger partial charge in [-0.1, -0.05) is 0 Å². The molecular weight excluding hydrogens is 190 g/mol. The molecule has 0 unspecified atom stereocenters. The smallest absolute Gasteiger partial charge is 0.323 e. The van der Waals surface area contributed by atoms with Gasteiger partial charge in [0, 0.05) is 18.5 Å². The van der Waals surface area contributed by atoms with Crippen LogP contribution in [0.3, 0.4) is 0 Å². The first-order valence-corrected chi connectivity index (χ1v) is 4.57. The fourth-order valence-electron chi connectivity index (χ4n) is 0.546. The number of aliphatic imine (C=N–C) groups is 1. The average molecular weight is 205 g/mol. The van der Waals surface area contributed by atoms with E-state index in [2.05, 4.69) is 17.6 Å². The quantitative estimate of drug-likeness (QED) is 0.220. The summed E-state index contributed by atoms with van der Waals surface area (Å²) in [5.41, 5.74) is 10.5. The van der Waals surface area contributed by atoms with Gasteiger partial charge in [0.25, 0.3) is 0 Å². The Morgan fingerprint density at radius 1 is 1.69 bits per heavy atom. The first kappa shape index (κ1) is 12.4. The van der Waals surface area contributed by atoms with Crippen molar-refractivity contribution >= 4 is 24.8 Å². The van der Waals surface area contributed by atoms with Crippen LogP contribution in [-0.2, 0) is 9.53 Å². The maximum Gasteiger partial charge on any atom is 0.323 e. The van der Waals surface area contributed by atoms with Crippen molar-refractivity contribution < 1.29 is 9.53 Å². The van der Waals surface area contributed by atoms with E-state index in [0.717, 1.165) is 0 Å². The second-order valence-electron chi connectivity index (χ2n) is 2.28. The van der Waals surface area contributed by atoms with Gasteiger partial charge in [0.05, 0.1) is 6.54 Å². The van der Waals surface area contributed by atoms with Crippen LogP contribution >= 0.6 is 12.6 Å². The van der Waals surface area contributed by atoms with Gasteiger partial charge >= 0.3 is 5.97 Å². The predicted octanol–water partition coefficient (Wildman–Crippen LogP) is -1.18. The van der Waals surface area contributed by atoms with E-state index in [0.29, 0.717) is 13.1 Å². The Morgan fingerprint density at radius 2 is 2.38 bits per heavy atom. The average Bonchev–Trinajstić information content (AvgIpc) is 2.16. The van der Waals surface area contributed by atoms with Gasteiger partial charge in [0.1, 0.15) is 12.6 Å². The molecule has 0 amide bonds. The zero-order valence-electron chi connectivity index (χ0n) is 7.35. The van der Waals surface area contributed by atoms with E-state index in [1.54, 1.807) is 6.21 Å². The van der Waals surface area contributed by atoms with Crippen molar-refractivity contribution in [3.05, 3.63) is 0 Å². The first-order valence-electron chi connectivity index (χ1n) is 3.93. The first-order chi connectivity index (χ1) is 6.22. The van der Waals surface area contributed by atoms with E-state index in [-0.39, 0.29) is 12.4 Å². The number of hydrogen-bond donors (Lipinski definition) is 3. The molecule has 0 aromatic heterocycles. The normalized spacial score (nSPS) is 13.2. The number of nitrogens with zero attached hydrogens (tertiary/aromatic N) is 1. The van der Waals surface area contributed by atoms with Crippen molar-refractivity contribution in [2.45, 2.75) is 6.04 Å². The van der Waals surface area contributed by atoms with E-state index in [1.807, 2.05) is 0 Å². The van der Waals surface area contributed by atoms with E-state index in [9.17, 15) is 4.79 Å². The lowest BCUT2D eigenvalue weighted by molar-refractivity contribution is -0.144. The van der Waals surface area contributed by atoms with Crippen molar-refractivity contribution in [1.29, 1.82) is 0 Å². The highest BCUT2D eigenvalue weighted by molar-refractivity contribution is 7.80. The summed E-state index contributed by atoms with van der Waals surface area (Å²) in [4.78, 5) is 14.8. The van der Waals surface area contributed by atoms with E-state index in [4.69, 9.17) is 16.2 Å². The molecule has 0 rings (SSSR count). The minimum Gasteiger partial charge on any atom is -0.463 e. The number of ether oxygens (including phenoxy) is 1. The van der Waals surface area contributed by atoms with Crippen LogP contribution in [0.1, 0.15) is 0 Å². The van der Waals surface area contributed by atoms with Gasteiger partial charge in [-0.05, 0) is 0 Å². The lowest BCUT2D eigenvalue weighted by Gasteiger charge is -2.07. The molecule has 0 saturated carbocycles. The third-order valence-electron chi connectivity index (χ3n) is 1.20. The van der Waals surface area contributed by atoms with Crippen molar-refractivity contribution in [3.8, 4) is 0 Å².